The zero-order chi connectivity index (χ0) is 15.1. The summed E-state index contributed by atoms with van der Waals surface area (Å²) in [6.45, 7) is 0. The Morgan fingerprint density at radius 2 is 1.86 bits per heavy atom. The van der Waals surface area contributed by atoms with Gasteiger partial charge in [0.2, 0.25) is 0 Å². The summed E-state index contributed by atoms with van der Waals surface area (Å²) in [6.07, 6.45) is 7.14. The number of nitriles is 1. The molecule has 0 aliphatic heterocycles. The molecule has 0 amide bonds. The number of nitrogens with one attached hydrogen (secondary N) is 1. The number of fused-ring (bicyclic) bond motifs is 2. The average molecular weight is 311 g/mol. The number of H-pyrrole nitrogens is 1. The fourth-order valence-corrected chi connectivity index (χ4v) is 5.17. The minimum atomic E-state index is 0.251. The summed E-state index contributed by atoms with van der Waals surface area (Å²) in [5.74, 6) is 1.42. The van der Waals surface area contributed by atoms with E-state index >= 15 is 0 Å². The van der Waals surface area contributed by atoms with E-state index in [2.05, 4.69) is 33.8 Å². The normalized spacial score (nSPS) is 31.6. The van der Waals surface area contributed by atoms with Crippen LogP contribution in [0.2, 0.25) is 0 Å². The maximum atomic E-state index is 9.49. The zero-order valence-corrected chi connectivity index (χ0v) is 13.5. The third-order valence-electron chi connectivity index (χ3n) is 5.78. The number of aromatic nitrogens is 2. The molecule has 22 heavy (non-hydrogen) atoms. The van der Waals surface area contributed by atoms with Crippen LogP contribution in [-0.4, -0.2) is 9.55 Å². The van der Waals surface area contributed by atoms with Gasteiger partial charge in [-0.2, -0.15) is 5.26 Å². The number of para-hydroxylation sites is 2. The molecule has 1 aromatic carbocycles. The van der Waals surface area contributed by atoms with Crippen molar-refractivity contribution >= 4 is 23.3 Å². The van der Waals surface area contributed by atoms with Crippen LogP contribution in [0.3, 0.4) is 0 Å². The quantitative estimate of drug-likeness (QED) is 0.755. The molecule has 1 N–H and O–H groups in total. The zero-order valence-electron chi connectivity index (χ0n) is 12.7. The number of hydrogen-bond acceptors (Lipinski definition) is 2. The molecular formula is C18H21N3S. The van der Waals surface area contributed by atoms with E-state index in [1.54, 1.807) is 0 Å². The molecule has 2 aliphatic rings. The Labute approximate surface area is 136 Å². The van der Waals surface area contributed by atoms with Gasteiger partial charge in [0.1, 0.15) is 0 Å². The van der Waals surface area contributed by atoms with E-state index < -0.39 is 0 Å². The van der Waals surface area contributed by atoms with Crippen LogP contribution in [0.15, 0.2) is 24.3 Å². The van der Waals surface area contributed by atoms with Crippen molar-refractivity contribution in [3.8, 4) is 6.07 Å². The molecule has 4 unspecified atom stereocenters. The first kappa shape index (κ1) is 14.0. The highest BCUT2D eigenvalue weighted by molar-refractivity contribution is 7.71. The van der Waals surface area contributed by atoms with Gasteiger partial charge in [-0.3, -0.25) is 0 Å². The fourth-order valence-electron chi connectivity index (χ4n) is 4.83. The number of aromatic amines is 1. The van der Waals surface area contributed by atoms with Crippen molar-refractivity contribution in [2.75, 3.05) is 0 Å². The monoisotopic (exact) mass is 311 g/mol. The second-order valence-electron chi connectivity index (χ2n) is 6.81. The van der Waals surface area contributed by atoms with Crippen molar-refractivity contribution < 1.29 is 0 Å². The van der Waals surface area contributed by atoms with Gasteiger partial charge in [-0.05, 0) is 61.9 Å². The van der Waals surface area contributed by atoms with Crippen molar-refractivity contribution in [1.29, 1.82) is 5.26 Å². The lowest BCUT2D eigenvalue weighted by molar-refractivity contribution is 0.0801. The molecule has 4 rings (SSSR count). The van der Waals surface area contributed by atoms with Gasteiger partial charge in [-0.1, -0.05) is 25.0 Å². The number of nitrogens with zero attached hydrogens (tertiary/aromatic N) is 2. The van der Waals surface area contributed by atoms with Crippen molar-refractivity contribution in [2.45, 2.75) is 44.6 Å². The number of rotatable bonds is 1. The first-order valence-corrected chi connectivity index (χ1v) is 8.79. The minimum Gasteiger partial charge on any atom is -0.331 e. The summed E-state index contributed by atoms with van der Waals surface area (Å²) in [6, 6.07) is 11.4. The molecule has 2 saturated carbocycles. The van der Waals surface area contributed by atoms with Crippen LogP contribution in [0.4, 0.5) is 0 Å². The van der Waals surface area contributed by atoms with Crippen molar-refractivity contribution in [3.05, 3.63) is 29.0 Å². The highest BCUT2D eigenvalue weighted by Crippen LogP contribution is 2.49. The molecule has 2 aliphatic carbocycles. The van der Waals surface area contributed by atoms with Crippen LogP contribution in [0.5, 0.6) is 0 Å². The maximum absolute atomic E-state index is 9.49. The molecule has 0 radical (unpaired) electrons. The van der Waals surface area contributed by atoms with Crippen LogP contribution in [0.25, 0.3) is 11.0 Å². The number of imidazole rings is 1. The molecular weight excluding hydrogens is 290 g/mol. The Bertz CT molecular complexity index is 781. The Morgan fingerprint density at radius 1 is 1.09 bits per heavy atom. The van der Waals surface area contributed by atoms with Gasteiger partial charge in [0.15, 0.2) is 4.77 Å². The van der Waals surface area contributed by atoms with Gasteiger partial charge in [0, 0.05) is 12.0 Å². The maximum Gasteiger partial charge on any atom is 0.178 e. The van der Waals surface area contributed by atoms with E-state index in [-0.39, 0.29) is 5.92 Å². The molecule has 1 heterocycles. The topological polar surface area (TPSA) is 44.5 Å². The average Bonchev–Trinajstić information content (AvgIpc) is 2.89. The molecule has 114 valence electrons. The molecule has 4 heteroatoms. The Hall–Kier alpha value is -1.60. The predicted molar refractivity (Wildman–Crippen MR) is 89.9 cm³/mol. The number of hydrogen-bond donors (Lipinski definition) is 1. The van der Waals surface area contributed by atoms with Gasteiger partial charge in [0.25, 0.3) is 0 Å². The van der Waals surface area contributed by atoms with E-state index in [1.165, 1.54) is 31.2 Å². The molecule has 1 aromatic heterocycles. The fraction of sp³-hybridized carbons (Fsp3) is 0.556. The first-order valence-electron chi connectivity index (χ1n) is 8.38. The van der Waals surface area contributed by atoms with Crippen molar-refractivity contribution in [2.24, 2.45) is 17.8 Å². The Kier molecular flexibility index (Phi) is 3.54. The minimum absolute atomic E-state index is 0.251. The summed E-state index contributed by atoms with van der Waals surface area (Å²) in [5, 5.41) is 9.49. The Morgan fingerprint density at radius 3 is 2.68 bits per heavy atom. The third kappa shape index (κ3) is 2.11. The van der Waals surface area contributed by atoms with E-state index in [0.29, 0.717) is 17.9 Å². The van der Waals surface area contributed by atoms with Crippen LogP contribution in [0.1, 0.15) is 44.6 Å². The highest BCUT2D eigenvalue weighted by atomic mass is 32.1. The third-order valence-corrected chi connectivity index (χ3v) is 6.08. The van der Waals surface area contributed by atoms with Crippen LogP contribution < -0.4 is 0 Å². The smallest absolute Gasteiger partial charge is 0.178 e. The van der Waals surface area contributed by atoms with Gasteiger partial charge >= 0.3 is 0 Å². The van der Waals surface area contributed by atoms with Crippen LogP contribution in [-0.2, 0) is 0 Å². The van der Waals surface area contributed by atoms with E-state index in [0.717, 1.165) is 23.1 Å². The van der Waals surface area contributed by atoms with Crippen LogP contribution in [0, 0.1) is 33.9 Å². The summed E-state index contributed by atoms with van der Waals surface area (Å²) >= 11 is 5.63. The van der Waals surface area contributed by atoms with Gasteiger partial charge < -0.3 is 9.55 Å². The molecule has 0 bridgehead atoms. The van der Waals surface area contributed by atoms with E-state index in [1.807, 2.05) is 6.07 Å². The summed E-state index contributed by atoms with van der Waals surface area (Å²) in [4.78, 5) is 3.36. The van der Waals surface area contributed by atoms with Crippen molar-refractivity contribution in [3.63, 3.8) is 0 Å². The predicted octanol–water partition coefficient (Wildman–Crippen LogP) is 4.98. The summed E-state index contributed by atoms with van der Waals surface area (Å²) in [5.41, 5.74) is 2.35. The lowest BCUT2D eigenvalue weighted by atomic mass is 9.63. The van der Waals surface area contributed by atoms with Gasteiger partial charge in [-0.25, -0.2) is 0 Å². The molecule has 2 aromatic rings. The lowest BCUT2D eigenvalue weighted by Gasteiger charge is -2.44. The summed E-state index contributed by atoms with van der Waals surface area (Å²) < 4.78 is 3.19. The molecule has 2 fully saturated rings. The SMILES string of the molecule is N#CC1CCC(n2c(=S)[nH]c3ccccc32)C2CCCCC12. The molecule has 0 saturated heterocycles. The van der Waals surface area contributed by atoms with Gasteiger partial charge in [-0.15, -0.1) is 0 Å². The molecule has 0 spiro atoms. The molecule has 3 nitrogen and oxygen atoms in total. The highest BCUT2D eigenvalue weighted by Gasteiger charge is 2.41. The summed E-state index contributed by atoms with van der Waals surface area (Å²) in [7, 11) is 0. The standard InChI is InChI=1S/C18H21N3S/c19-11-12-9-10-16(14-6-2-1-5-13(12)14)21-17-8-4-3-7-15(17)20-18(21)22/h3-4,7-8,12-14,16H,1-2,5-6,9-10H2,(H,20,22). The second kappa shape index (κ2) is 5.55. The Balaban J connectivity index is 1.79. The largest absolute Gasteiger partial charge is 0.331 e. The number of benzene rings is 1. The first-order chi connectivity index (χ1) is 10.8. The lowest BCUT2D eigenvalue weighted by Crippen LogP contribution is -2.37. The van der Waals surface area contributed by atoms with Crippen molar-refractivity contribution in [1.82, 2.24) is 9.55 Å². The van der Waals surface area contributed by atoms with E-state index in [4.69, 9.17) is 12.2 Å². The van der Waals surface area contributed by atoms with E-state index in [9.17, 15) is 5.26 Å². The molecule has 4 atom stereocenters. The second-order valence-corrected chi connectivity index (χ2v) is 7.20. The van der Waals surface area contributed by atoms with Gasteiger partial charge in [0.05, 0.1) is 17.1 Å². The van der Waals surface area contributed by atoms with Crippen LogP contribution >= 0.6 is 12.2 Å².